The highest BCUT2D eigenvalue weighted by Gasteiger charge is 2.10. The average molecular weight is 506 g/mol. The van der Waals surface area contributed by atoms with E-state index in [1.807, 2.05) is 56.3 Å². The Morgan fingerprint density at radius 3 is 2.31 bits per heavy atom. The Kier molecular flexibility index (Phi) is 8.47. The zero-order chi connectivity index (χ0) is 25.3. The van der Waals surface area contributed by atoms with Gasteiger partial charge in [0.15, 0.2) is 11.5 Å². The van der Waals surface area contributed by atoms with Crippen molar-refractivity contribution < 1.29 is 19.0 Å². The number of nitrogens with zero attached hydrogens (tertiary/aromatic N) is 2. The summed E-state index contributed by atoms with van der Waals surface area (Å²) in [6.07, 6.45) is 3.42. The molecule has 0 spiro atoms. The minimum atomic E-state index is -0.209. The molecule has 4 rings (SSSR count). The molecule has 3 aromatic carbocycles. The van der Waals surface area contributed by atoms with Gasteiger partial charge in [0.2, 0.25) is 0 Å². The lowest BCUT2D eigenvalue weighted by Gasteiger charge is -2.12. The van der Waals surface area contributed by atoms with Crippen molar-refractivity contribution >= 4 is 23.2 Å². The van der Waals surface area contributed by atoms with Gasteiger partial charge < -0.3 is 19.5 Å². The van der Waals surface area contributed by atoms with Gasteiger partial charge in [-0.2, -0.15) is 5.10 Å². The molecule has 1 amide bonds. The molecule has 0 saturated carbocycles. The van der Waals surface area contributed by atoms with Gasteiger partial charge in [-0.1, -0.05) is 29.8 Å². The van der Waals surface area contributed by atoms with E-state index in [4.69, 9.17) is 25.8 Å². The maximum atomic E-state index is 12.7. The van der Waals surface area contributed by atoms with Crippen molar-refractivity contribution in [3.05, 3.63) is 101 Å². The van der Waals surface area contributed by atoms with Crippen LogP contribution < -0.4 is 19.5 Å². The first kappa shape index (κ1) is 25.1. The monoisotopic (exact) mass is 505 g/mol. The van der Waals surface area contributed by atoms with E-state index in [2.05, 4.69) is 10.4 Å². The fourth-order valence-corrected chi connectivity index (χ4v) is 3.67. The number of carbonyl (C=O) groups is 1. The molecule has 4 aromatic rings. The summed E-state index contributed by atoms with van der Waals surface area (Å²) in [7, 11) is 0. The third kappa shape index (κ3) is 6.79. The number of amides is 1. The van der Waals surface area contributed by atoms with Gasteiger partial charge in [-0.05, 0) is 73.5 Å². The van der Waals surface area contributed by atoms with E-state index in [9.17, 15) is 4.79 Å². The zero-order valence-corrected chi connectivity index (χ0v) is 21.0. The van der Waals surface area contributed by atoms with Crippen LogP contribution in [0, 0.1) is 0 Å². The van der Waals surface area contributed by atoms with Crippen LogP contribution in [0.4, 0.5) is 5.69 Å². The van der Waals surface area contributed by atoms with Crippen LogP contribution in [0.3, 0.4) is 0 Å². The van der Waals surface area contributed by atoms with Gasteiger partial charge in [0.05, 0.1) is 31.6 Å². The lowest BCUT2D eigenvalue weighted by molar-refractivity contribution is 0.102. The van der Waals surface area contributed by atoms with Gasteiger partial charge in [0.25, 0.3) is 5.91 Å². The summed E-state index contributed by atoms with van der Waals surface area (Å²) in [6.45, 7) is 5.93. The molecule has 0 aliphatic rings. The second-order valence-corrected chi connectivity index (χ2v) is 8.40. The number of halogens is 1. The molecule has 8 heteroatoms. The molecule has 0 atom stereocenters. The molecule has 0 unspecified atom stereocenters. The van der Waals surface area contributed by atoms with Crippen LogP contribution >= 0.6 is 11.6 Å². The Morgan fingerprint density at radius 1 is 0.889 bits per heavy atom. The van der Waals surface area contributed by atoms with Crippen LogP contribution in [0.15, 0.2) is 79.1 Å². The van der Waals surface area contributed by atoms with E-state index in [0.717, 1.165) is 22.6 Å². The number of nitrogens with one attached hydrogen (secondary N) is 1. The predicted octanol–water partition coefficient (Wildman–Crippen LogP) is 6.21. The quantitative estimate of drug-likeness (QED) is 0.262. The predicted molar refractivity (Wildman–Crippen MR) is 140 cm³/mol. The first-order valence-corrected chi connectivity index (χ1v) is 12.1. The standard InChI is InChI=1S/C28H28ClN3O4/c1-3-34-26-14-7-21(15-27(26)35-4-2)17-32-18-24(16-30-32)31-28(33)22-8-5-20(6-9-22)19-36-25-12-10-23(29)11-13-25/h5-16,18H,3-4,17,19H2,1-2H3,(H,31,33). The Hall–Kier alpha value is -3.97. The Balaban J connectivity index is 1.33. The average Bonchev–Trinajstić information content (AvgIpc) is 3.32. The van der Waals surface area contributed by atoms with Crippen molar-refractivity contribution in [1.29, 1.82) is 0 Å². The van der Waals surface area contributed by atoms with Crippen molar-refractivity contribution in [2.75, 3.05) is 18.5 Å². The van der Waals surface area contributed by atoms with Crippen LogP contribution in [-0.2, 0) is 13.2 Å². The van der Waals surface area contributed by atoms with Gasteiger partial charge in [0.1, 0.15) is 12.4 Å². The fourth-order valence-electron chi connectivity index (χ4n) is 3.55. The summed E-state index contributed by atoms with van der Waals surface area (Å²) in [5.74, 6) is 1.95. The maximum Gasteiger partial charge on any atom is 0.255 e. The normalized spacial score (nSPS) is 10.6. The lowest BCUT2D eigenvalue weighted by atomic mass is 10.1. The summed E-state index contributed by atoms with van der Waals surface area (Å²) < 4.78 is 18.8. The van der Waals surface area contributed by atoms with Crippen molar-refractivity contribution in [3.63, 3.8) is 0 Å². The molecule has 36 heavy (non-hydrogen) atoms. The van der Waals surface area contributed by atoms with E-state index < -0.39 is 0 Å². The van der Waals surface area contributed by atoms with Gasteiger partial charge in [0, 0.05) is 16.8 Å². The second kappa shape index (κ2) is 12.1. The summed E-state index contributed by atoms with van der Waals surface area (Å²) in [5, 5.41) is 7.93. The molecular weight excluding hydrogens is 478 g/mol. The number of anilines is 1. The van der Waals surface area contributed by atoms with Gasteiger partial charge in [-0.25, -0.2) is 0 Å². The highest BCUT2D eigenvalue weighted by molar-refractivity contribution is 6.30. The molecule has 7 nitrogen and oxygen atoms in total. The van der Waals surface area contributed by atoms with Crippen LogP contribution in [0.2, 0.25) is 5.02 Å². The summed E-state index contributed by atoms with van der Waals surface area (Å²) in [6, 6.07) is 20.3. The molecule has 1 N–H and O–H groups in total. The molecule has 0 aliphatic heterocycles. The van der Waals surface area contributed by atoms with Crippen molar-refractivity contribution in [2.45, 2.75) is 27.0 Å². The topological polar surface area (TPSA) is 74.6 Å². The van der Waals surface area contributed by atoms with Crippen LogP contribution in [0.5, 0.6) is 17.2 Å². The van der Waals surface area contributed by atoms with Gasteiger partial charge in [-0.15, -0.1) is 0 Å². The molecule has 186 valence electrons. The fraction of sp³-hybridized carbons (Fsp3) is 0.214. The van der Waals surface area contributed by atoms with E-state index >= 15 is 0 Å². The first-order chi connectivity index (χ1) is 17.5. The molecule has 0 fully saturated rings. The summed E-state index contributed by atoms with van der Waals surface area (Å²) >= 11 is 5.90. The highest BCUT2D eigenvalue weighted by Crippen LogP contribution is 2.29. The molecule has 0 bridgehead atoms. The summed E-state index contributed by atoms with van der Waals surface area (Å²) in [4.78, 5) is 12.7. The number of carbonyl (C=O) groups excluding carboxylic acids is 1. The number of ether oxygens (including phenoxy) is 3. The SMILES string of the molecule is CCOc1ccc(Cn2cc(NC(=O)c3ccc(COc4ccc(Cl)cc4)cc3)cn2)cc1OCC. The number of aromatic nitrogens is 2. The molecule has 0 saturated heterocycles. The Bertz CT molecular complexity index is 1290. The van der Waals surface area contributed by atoms with Crippen molar-refractivity contribution in [2.24, 2.45) is 0 Å². The summed E-state index contributed by atoms with van der Waals surface area (Å²) in [5.41, 5.74) is 3.13. The number of rotatable bonds is 11. The molecule has 0 aliphatic carbocycles. The highest BCUT2D eigenvalue weighted by atomic mass is 35.5. The minimum Gasteiger partial charge on any atom is -0.490 e. The molecule has 1 aromatic heterocycles. The Morgan fingerprint density at radius 2 is 1.58 bits per heavy atom. The number of hydrogen-bond acceptors (Lipinski definition) is 5. The van der Waals surface area contributed by atoms with E-state index in [0.29, 0.717) is 48.4 Å². The van der Waals surface area contributed by atoms with Crippen molar-refractivity contribution in [1.82, 2.24) is 9.78 Å². The van der Waals surface area contributed by atoms with E-state index in [-0.39, 0.29) is 5.91 Å². The van der Waals surface area contributed by atoms with Gasteiger partial charge in [-0.3, -0.25) is 9.48 Å². The largest absolute Gasteiger partial charge is 0.490 e. The first-order valence-electron chi connectivity index (χ1n) is 11.7. The number of hydrogen-bond donors (Lipinski definition) is 1. The van der Waals surface area contributed by atoms with Crippen LogP contribution in [0.25, 0.3) is 0 Å². The third-order valence-corrected chi connectivity index (χ3v) is 5.53. The zero-order valence-electron chi connectivity index (χ0n) is 20.2. The smallest absolute Gasteiger partial charge is 0.255 e. The van der Waals surface area contributed by atoms with Crippen LogP contribution in [-0.4, -0.2) is 28.9 Å². The second-order valence-electron chi connectivity index (χ2n) is 7.97. The lowest BCUT2D eigenvalue weighted by Crippen LogP contribution is -2.11. The van der Waals surface area contributed by atoms with Crippen molar-refractivity contribution in [3.8, 4) is 17.2 Å². The van der Waals surface area contributed by atoms with E-state index in [1.54, 1.807) is 41.3 Å². The minimum absolute atomic E-state index is 0.209. The molecule has 0 radical (unpaired) electrons. The third-order valence-electron chi connectivity index (χ3n) is 5.28. The Labute approximate surface area is 215 Å². The van der Waals surface area contributed by atoms with Gasteiger partial charge >= 0.3 is 0 Å². The maximum absolute atomic E-state index is 12.7. The number of benzene rings is 3. The van der Waals surface area contributed by atoms with E-state index in [1.165, 1.54) is 0 Å². The molecular formula is C28H28ClN3O4. The molecule has 1 heterocycles. The van der Waals surface area contributed by atoms with Crippen LogP contribution in [0.1, 0.15) is 35.3 Å².